The van der Waals surface area contributed by atoms with Crippen molar-refractivity contribution in [2.45, 2.75) is 13.8 Å². The Balaban J connectivity index is 3.82. The fourth-order valence-corrected chi connectivity index (χ4v) is 1.53. The summed E-state index contributed by atoms with van der Waals surface area (Å²) in [5, 5.41) is 0.720. The largest absolute Gasteiger partial charge is 0.204 e. The van der Waals surface area contributed by atoms with Crippen LogP contribution in [0, 0.1) is 17.6 Å². The van der Waals surface area contributed by atoms with Gasteiger partial charge in [-0.3, -0.25) is 0 Å². The molecule has 80 valence electrons. The zero-order valence-corrected chi connectivity index (χ0v) is 8.98. The van der Waals surface area contributed by atoms with Crippen LogP contribution in [0.1, 0.15) is 13.8 Å². The van der Waals surface area contributed by atoms with Gasteiger partial charge in [-0.15, -0.1) is 0 Å². The van der Waals surface area contributed by atoms with Gasteiger partial charge in [0.05, 0.1) is 0 Å². The van der Waals surface area contributed by atoms with Crippen LogP contribution in [-0.4, -0.2) is 0 Å². The van der Waals surface area contributed by atoms with E-state index in [-0.39, 0.29) is 11.1 Å². The van der Waals surface area contributed by atoms with Gasteiger partial charge in [-0.2, -0.15) is 0 Å². The highest BCUT2D eigenvalue weighted by Crippen LogP contribution is 2.10. The summed E-state index contributed by atoms with van der Waals surface area (Å²) in [6, 6.07) is 2.56. The van der Waals surface area contributed by atoms with Crippen molar-refractivity contribution in [2.24, 2.45) is 5.92 Å². The third-order valence-electron chi connectivity index (χ3n) is 2.31. The Morgan fingerprint density at radius 1 is 1.33 bits per heavy atom. The first-order valence-corrected chi connectivity index (χ1v) is 4.78. The minimum absolute atomic E-state index is 0.0827. The van der Waals surface area contributed by atoms with E-state index >= 15 is 0 Å². The van der Waals surface area contributed by atoms with Gasteiger partial charge in [-0.25, -0.2) is 8.78 Å². The molecule has 0 atom stereocenters. The van der Waals surface area contributed by atoms with Crippen LogP contribution in [-0.2, 0) is 0 Å². The van der Waals surface area contributed by atoms with E-state index in [9.17, 15) is 8.78 Å². The second-order valence-electron chi connectivity index (χ2n) is 3.71. The normalized spacial score (nSPS) is 12.9. The summed E-state index contributed by atoms with van der Waals surface area (Å²) in [4.78, 5) is 0. The molecule has 0 amide bonds. The lowest BCUT2D eigenvalue weighted by atomic mass is 9.99. The first kappa shape index (κ1) is 11.6. The summed E-state index contributed by atoms with van der Waals surface area (Å²) in [6.07, 6.45) is 1.55. The van der Waals surface area contributed by atoms with Crippen LogP contribution >= 0.6 is 0 Å². The molecule has 0 saturated carbocycles. The Bertz CT molecular complexity index is 484. The summed E-state index contributed by atoms with van der Waals surface area (Å²) in [5.74, 6) is -1.61. The summed E-state index contributed by atoms with van der Waals surface area (Å²) < 4.78 is 26.6. The van der Waals surface area contributed by atoms with E-state index in [1.54, 1.807) is 6.08 Å². The fourth-order valence-electron chi connectivity index (χ4n) is 1.53. The average Bonchev–Trinajstić information content (AvgIpc) is 2.18. The van der Waals surface area contributed by atoms with E-state index in [1.807, 2.05) is 13.8 Å². The van der Waals surface area contributed by atoms with Gasteiger partial charge in [0.1, 0.15) is 0 Å². The number of allylic oxidation sites excluding steroid dienone is 1. The molecule has 0 nitrogen and oxygen atoms in total. The van der Waals surface area contributed by atoms with Crippen molar-refractivity contribution in [3.63, 3.8) is 0 Å². The second-order valence-corrected chi connectivity index (χ2v) is 3.71. The zero-order valence-electron chi connectivity index (χ0n) is 8.98. The molecular formula is C13H14F2. The van der Waals surface area contributed by atoms with Crippen molar-refractivity contribution in [1.29, 1.82) is 0 Å². The van der Waals surface area contributed by atoms with Crippen LogP contribution in [0.3, 0.4) is 0 Å². The molecule has 0 N–H and O–H groups in total. The molecule has 2 heteroatoms. The Morgan fingerprint density at radius 2 is 1.93 bits per heavy atom. The quantitative estimate of drug-likeness (QED) is 0.700. The van der Waals surface area contributed by atoms with E-state index in [4.69, 9.17) is 0 Å². The number of hydrogen-bond donors (Lipinski definition) is 0. The molecular weight excluding hydrogens is 194 g/mol. The monoisotopic (exact) mass is 208 g/mol. The molecule has 0 spiro atoms. The van der Waals surface area contributed by atoms with Crippen molar-refractivity contribution in [3.8, 4) is 0 Å². The van der Waals surface area contributed by atoms with Crippen molar-refractivity contribution < 1.29 is 8.78 Å². The standard InChI is InChI=1S/C13H14F2/c1-5-10(8(2)3)12-9(4)6-7-11(14)13(12)15/h5-8H,1,4H2,2-3H3/b12-10-. The summed E-state index contributed by atoms with van der Waals surface area (Å²) in [6.45, 7) is 11.1. The van der Waals surface area contributed by atoms with Gasteiger partial charge in [-0.1, -0.05) is 39.1 Å². The zero-order chi connectivity index (χ0) is 11.6. The summed E-state index contributed by atoms with van der Waals surface area (Å²) in [7, 11) is 0. The first-order valence-electron chi connectivity index (χ1n) is 4.78. The maximum atomic E-state index is 13.6. The van der Waals surface area contributed by atoms with Gasteiger partial charge < -0.3 is 0 Å². The van der Waals surface area contributed by atoms with Gasteiger partial charge in [0.15, 0.2) is 11.6 Å². The molecule has 0 bridgehead atoms. The fraction of sp³-hybridized carbons (Fsp3) is 0.231. The van der Waals surface area contributed by atoms with Crippen LogP contribution in [0.5, 0.6) is 0 Å². The van der Waals surface area contributed by atoms with E-state index in [0.29, 0.717) is 10.8 Å². The molecule has 0 aliphatic rings. The lowest BCUT2D eigenvalue weighted by Gasteiger charge is -2.07. The van der Waals surface area contributed by atoms with Gasteiger partial charge >= 0.3 is 0 Å². The lowest BCUT2D eigenvalue weighted by molar-refractivity contribution is 0.500. The van der Waals surface area contributed by atoms with E-state index in [2.05, 4.69) is 13.2 Å². The van der Waals surface area contributed by atoms with E-state index < -0.39 is 11.6 Å². The maximum absolute atomic E-state index is 13.6. The van der Waals surface area contributed by atoms with Crippen molar-refractivity contribution in [2.75, 3.05) is 0 Å². The van der Waals surface area contributed by atoms with Crippen LogP contribution in [0.2, 0.25) is 0 Å². The van der Waals surface area contributed by atoms with Crippen LogP contribution in [0.25, 0.3) is 12.2 Å². The van der Waals surface area contributed by atoms with Gasteiger partial charge in [0, 0.05) is 5.22 Å². The topological polar surface area (TPSA) is 0 Å². The van der Waals surface area contributed by atoms with Crippen LogP contribution in [0.15, 0.2) is 24.8 Å². The van der Waals surface area contributed by atoms with Crippen molar-refractivity contribution >= 4 is 12.2 Å². The van der Waals surface area contributed by atoms with E-state index in [0.717, 1.165) is 6.07 Å². The molecule has 0 unspecified atom stereocenters. The summed E-state index contributed by atoms with van der Waals surface area (Å²) >= 11 is 0. The second kappa shape index (κ2) is 4.39. The van der Waals surface area contributed by atoms with Crippen LogP contribution in [0.4, 0.5) is 8.78 Å². The van der Waals surface area contributed by atoms with Gasteiger partial charge in [-0.05, 0) is 22.8 Å². The first-order chi connectivity index (χ1) is 6.99. The third kappa shape index (κ3) is 2.14. The van der Waals surface area contributed by atoms with Crippen LogP contribution < -0.4 is 10.4 Å². The van der Waals surface area contributed by atoms with Gasteiger partial charge in [0.2, 0.25) is 0 Å². The van der Waals surface area contributed by atoms with Gasteiger partial charge in [0.25, 0.3) is 0 Å². The number of benzene rings is 1. The minimum Gasteiger partial charge on any atom is -0.204 e. The number of halogens is 2. The highest BCUT2D eigenvalue weighted by atomic mass is 19.2. The molecule has 0 aliphatic carbocycles. The maximum Gasteiger partial charge on any atom is 0.166 e. The highest BCUT2D eigenvalue weighted by molar-refractivity contribution is 5.57. The minimum atomic E-state index is -0.850. The molecule has 0 saturated heterocycles. The average molecular weight is 208 g/mol. The molecule has 0 aliphatic heterocycles. The summed E-state index contributed by atoms with van der Waals surface area (Å²) in [5.41, 5.74) is 0.678. The molecule has 1 aromatic carbocycles. The van der Waals surface area contributed by atoms with Crippen molar-refractivity contribution in [3.05, 3.63) is 46.9 Å². The predicted octanol–water partition coefficient (Wildman–Crippen LogP) is 2.37. The molecule has 1 rings (SSSR count). The number of rotatable bonds is 2. The van der Waals surface area contributed by atoms with Crippen molar-refractivity contribution in [1.82, 2.24) is 0 Å². The Hall–Kier alpha value is -1.44. The third-order valence-corrected chi connectivity index (χ3v) is 2.31. The molecule has 0 fully saturated rings. The SMILES string of the molecule is C=C/C(=c1/c(F)c(F)ccc1=C)C(C)C. The Morgan fingerprint density at radius 3 is 2.40 bits per heavy atom. The highest BCUT2D eigenvalue weighted by Gasteiger charge is 2.08. The molecule has 1 aromatic rings. The smallest absolute Gasteiger partial charge is 0.166 e. The lowest BCUT2D eigenvalue weighted by Crippen LogP contribution is -2.31. The number of hydrogen-bond acceptors (Lipinski definition) is 0. The Labute approximate surface area is 88.2 Å². The molecule has 0 heterocycles. The Kier molecular flexibility index (Phi) is 3.40. The molecule has 0 aromatic heterocycles. The molecule has 0 radical (unpaired) electrons. The van der Waals surface area contributed by atoms with E-state index in [1.165, 1.54) is 6.07 Å². The predicted molar refractivity (Wildman–Crippen MR) is 59.6 cm³/mol. The molecule has 15 heavy (non-hydrogen) atoms.